The summed E-state index contributed by atoms with van der Waals surface area (Å²) in [6, 6.07) is 24.9. The van der Waals surface area contributed by atoms with E-state index in [-0.39, 0.29) is 6.61 Å². The number of hydrogen-bond donors (Lipinski definition) is 2. The topological polar surface area (TPSA) is 73.2 Å². The number of aliphatic hydroxyl groups excluding tert-OH is 1. The van der Waals surface area contributed by atoms with E-state index in [1.165, 1.54) is 5.56 Å². The maximum Gasteiger partial charge on any atom is 0.335 e. The number of benzene rings is 3. The van der Waals surface area contributed by atoms with E-state index < -0.39 is 12.1 Å². The van der Waals surface area contributed by atoms with Gasteiger partial charge in [-0.3, -0.25) is 9.80 Å². The summed E-state index contributed by atoms with van der Waals surface area (Å²) in [5, 5.41) is 19.3. The molecule has 6 heteroatoms. The second-order valence-corrected chi connectivity index (χ2v) is 8.79. The molecule has 0 radical (unpaired) electrons. The number of aliphatic hydroxyl groups is 1. The van der Waals surface area contributed by atoms with Gasteiger partial charge in [0, 0.05) is 26.2 Å². The molecule has 0 amide bonds. The van der Waals surface area contributed by atoms with Gasteiger partial charge in [0.1, 0.15) is 18.5 Å². The molecule has 1 fully saturated rings. The standard InChI is InChI=1S/C28H32N2O4/c31-27(24-5-2-1-3-6-24)21-34-26-13-9-23(10-14-26)20-30-16-4-15-29(17-18-30)19-22-7-11-25(12-8-22)28(32)33/h1-3,5-14,27,31H,4,15-21H2,(H,32,33)/t27-/m1/s1. The van der Waals surface area contributed by atoms with Gasteiger partial charge < -0.3 is 14.9 Å². The number of nitrogens with zero attached hydrogens (tertiary/aromatic N) is 2. The number of rotatable bonds is 9. The lowest BCUT2D eigenvalue weighted by Crippen LogP contribution is -2.30. The molecule has 4 rings (SSSR count). The zero-order valence-corrected chi connectivity index (χ0v) is 19.3. The van der Waals surface area contributed by atoms with E-state index in [0.29, 0.717) is 5.56 Å². The van der Waals surface area contributed by atoms with Gasteiger partial charge in [0.25, 0.3) is 0 Å². The van der Waals surface area contributed by atoms with Crippen molar-refractivity contribution in [3.63, 3.8) is 0 Å². The summed E-state index contributed by atoms with van der Waals surface area (Å²) in [6.45, 7) is 6.03. The van der Waals surface area contributed by atoms with Crippen molar-refractivity contribution in [3.05, 3.63) is 101 Å². The molecular formula is C28H32N2O4. The Kier molecular flexibility index (Phi) is 8.31. The van der Waals surface area contributed by atoms with Gasteiger partial charge in [-0.2, -0.15) is 0 Å². The van der Waals surface area contributed by atoms with Crippen LogP contribution in [0.15, 0.2) is 78.9 Å². The van der Waals surface area contributed by atoms with Gasteiger partial charge in [-0.25, -0.2) is 4.79 Å². The monoisotopic (exact) mass is 460 g/mol. The van der Waals surface area contributed by atoms with Crippen LogP contribution in [0.3, 0.4) is 0 Å². The van der Waals surface area contributed by atoms with Crippen LogP contribution in [0.25, 0.3) is 0 Å². The molecule has 0 saturated carbocycles. The van der Waals surface area contributed by atoms with Crippen molar-refractivity contribution in [2.45, 2.75) is 25.6 Å². The normalized spacial score (nSPS) is 16.0. The first-order chi connectivity index (χ1) is 16.6. The Morgan fingerprint density at radius 2 is 1.35 bits per heavy atom. The Labute approximate surface area is 201 Å². The Morgan fingerprint density at radius 3 is 1.91 bits per heavy atom. The summed E-state index contributed by atoms with van der Waals surface area (Å²) in [4.78, 5) is 15.9. The summed E-state index contributed by atoms with van der Waals surface area (Å²) in [5.74, 6) is -0.129. The third-order valence-corrected chi connectivity index (χ3v) is 6.21. The number of carboxylic acid groups (broad SMARTS) is 1. The van der Waals surface area contributed by atoms with Crippen molar-refractivity contribution in [2.75, 3.05) is 32.8 Å². The largest absolute Gasteiger partial charge is 0.491 e. The summed E-state index contributed by atoms with van der Waals surface area (Å²) in [6.07, 6.45) is 0.460. The highest BCUT2D eigenvalue weighted by Gasteiger charge is 2.16. The molecule has 0 aliphatic carbocycles. The van der Waals surface area contributed by atoms with Crippen LogP contribution in [0.1, 0.15) is 39.6 Å². The Balaban J connectivity index is 1.23. The minimum absolute atomic E-state index is 0.227. The molecule has 1 aliphatic rings. The second-order valence-electron chi connectivity index (χ2n) is 8.79. The minimum Gasteiger partial charge on any atom is -0.491 e. The average molecular weight is 461 g/mol. The summed E-state index contributed by atoms with van der Waals surface area (Å²) < 4.78 is 5.78. The molecule has 0 unspecified atom stereocenters. The van der Waals surface area contributed by atoms with Gasteiger partial charge in [0.05, 0.1) is 5.56 Å². The molecule has 3 aromatic rings. The third-order valence-electron chi connectivity index (χ3n) is 6.21. The highest BCUT2D eigenvalue weighted by atomic mass is 16.5. The molecule has 6 nitrogen and oxygen atoms in total. The van der Waals surface area contributed by atoms with E-state index in [2.05, 4.69) is 21.9 Å². The molecule has 1 saturated heterocycles. The van der Waals surface area contributed by atoms with Crippen LogP contribution in [0.2, 0.25) is 0 Å². The van der Waals surface area contributed by atoms with Gasteiger partial charge in [-0.15, -0.1) is 0 Å². The van der Waals surface area contributed by atoms with Gasteiger partial charge in [-0.05, 0) is 60.5 Å². The van der Waals surface area contributed by atoms with Crippen LogP contribution in [-0.2, 0) is 13.1 Å². The molecule has 2 N–H and O–H groups in total. The summed E-state index contributed by atoms with van der Waals surface area (Å²) >= 11 is 0. The number of hydrogen-bond acceptors (Lipinski definition) is 5. The Bertz CT molecular complexity index is 1040. The predicted octanol–water partition coefficient (Wildman–Crippen LogP) is 4.21. The minimum atomic E-state index is -0.888. The fraction of sp³-hybridized carbons (Fsp3) is 0.321. The van der Waals surface area contributed by atoms with Crippen LogP contribution in [0.5, 0.6) is 5.75 Å². The smallest absolute Gasteiger partial charge is 0.335 e. The van der Waals surface area contributed by atoms with E-state index in [4.69, 9.17) is 9.84 Å². The predicted molar refractivity (Wildman–Crippen MR) is 132 cm³/mol. The van der Waals surface area contributed by atoms with Crippen LogP contribution in [0.4, 0.5) is 0 Å². The zero-order chi connectivity index (χ0) is 23.8. The van der Waals surface area contributed by atoms with Crippen LogP contribution in [-0.4, -0.2) is 58.8 Å². The lowest BCUT2D eigenvalue weighted by molar-refractivity contribution is 0.0697. The fourth-order valence-corrected chi connectivity index (χ4v) is 4.25. The van der Waals surface area contributed by atoms with Gasteiger partial charge >= 0.3 is 5.97 Å². The molecule has 178 valence electrons. The van der Waals surface area contributed by atoms with Gasteiger partial charge in [0.2, 0.25) is 0 Å². The number of ether oxygens (including phenoxy) is 1. The first kappa shape index (κ1) is 24.0. The molecule has 1 aliphatic heterocycles. The number of carboxylic acids is 1. The van der Waals surface area contributed by atoms with Crippen molar-refractivity contribution in [1.82, 2.24) is 9.80 Å². The summed E-state index contributed by atoms with van der Waals surface area (Å²) in [5.41, 5.74) is 3.57. The van der Waals surface area contributed by atoms with Crippen molar-refractivity contribution in [2.24, 2.45) is 0 Å². The molecular weight excluding hydrogens is 428 g/mol. The van der Waals surface area contributed by atoms with E-state index in [0.717, 1.165) is 62.6 Å². The van der Waals surface area contributed by atoms with Crippen LogP contribution >= 0.6 is 0 Å². The second kappa shape index (κ2) is 11.8. The van der Waals surface area contributed by atoms with E-state index in [1.54, 1.807) is 12.1 Å². The van der Waals surface area contributed by atoms with E-state index in [9.17, 15) is 9.90 Å². The van der Waals surface area contributed by atoms with E-state index >= 15 is 0 Å². The van der Waals surface area contributed by atoms with Gasteiger partial charge in [-0.1, -0.05) is 54.6 Å². The number of carbonyl (C=O) groups is 1. The fourth-order valence-electron chi connectivity index (χ4n) is 4.25. The molecule has 3 aromatic carbocycles. The lowest BCUT2D eigenvalue weighted by atomic mass is 10.1. The quantitative estimate of drug-likeness (QED) is 0.499. The first-order valence-electron chi connectivity index (χ1n) is 11.8. The van der Waals surface area contributed by atoms with Crippen LogP contribution < -0.4 is 4.74 Å². The molecule has 0 spiro atoms. The summed E-state index contributed by atoms with van der Waals surface area (Å²) in [7, 11) is 0. The first-order valence-corrected chi connectivity index (χ1v) is 11.8. The van der Waals surface area contributed by atoms with Gasteiger partial charge in [0.15, 0.2) is 0 Å². The SMILES string of the molecule is O=C(O)c1ccc(CN2CCCN(Cc3ccc(OC[C@@H](O)c4ccccc4)cc3)CC2)cc1. The maximum absolute atomic E-state index is 11.0. The van der Waals surface area contributed by atoms with E-state index in [1.807, 2.05) is 54.6 Å². The van der Waals surface area contributed by atoms with Crippen LogP contribution in [0, 0.1) is 0 Å². The zero-order valence-electron chi connectivity index (χ0n) is 19.3. The van der Waals surface area contributed by atoms with Crippen molar-refractivity contribution in [3.8, 4) is 5.75 Å². The van der Waals surface area contributed by atoms with Crippen molar-refractivity contribution in [1.29, 1.82) is 0 Å². The number of aromatic carboxylic acids is 1. The third kappa shape index (κ3) is 6.90. The Hall–Kier alpha value is -3.19. The molecule has 1 atom stereocenters. The molecule has 0 bridgehead atoms. The maximum atomic E-state index is 11.0. The molecule has 34 heavy (non-hydrogen) atoms. The van der Waals surface area contributed by atoms with Crippen molar-refractivity contribution < 1.29 is 19.7 Å². The highest BCUT2D eigenvalue weighted by Crippen LogP contribution is 2.18. The average Bonchev–Trinajstić information content (AvgIpc) is 3.09. The molecule has 1 heterocycles. The lowest BCUT2D eigenvalue weighted by Gasteiger charge is -2.22. The highest BCUT2D eigenvalue weighted by molar-refractivity contribution is 5.87. The molecule has 0 aromatic heterocycles. The Morgan fingerprint density at radius 1 is 0.794 bits per heavy atom. The van der Waals surface area contributed by atoms with Crippen molar-refractivity contribution >= 4 is 5.97 Å².